The van der Waals surface area contributed by atoms with Crippen LogP contribution in [0.5, 0.6) is 0 Å². The lowest BCUT2D eigenvalue weighted by atomic mass is 10.0. The lowest BCUT2D eigenvalue weighted by Gasteiger charge is -2.27. The monoisotopic (exact) mass is 301 g/mol. The van der Waals surface area contributed by atoms with E-state index in [-0.39, 0.29) is 6.04 Å². The zero-order valence-electron chi connectivity index (χ0n) is 11.2. The minimum atomic E-state index is -4.70. The van der Waals surface area contributed by atoms with Crippen molar-refractivity contribution in [2.24, 2.45) is 16.6 Å². The van der Waals surface area contributed by atoms with Crippen molar-refractivity contribution < 1.29 is 17.6 Å². The number of alkyl halides is 3. The average Bonchev–Trinajstić information content (AvgIpc) is 3.14. The number of nitrogens with zero attached hydrogens (tertiary/aromatic N) is 2. The van der Waals surface area contributed by atoms with Crippen molar-refractivity contribution in [3.8, 4) is 0 Å². The highest BCUT2D eigenvalue weighted by molar-refractivity contribution is 5.80. The summed E-state index contributed by atoms with van der Waals surface area (Å²) < 4.78 is 51.8. The van der Waals surface area contributed by atoms with Crippen molar-refractivity contribution in [2.75, 3.05) is 13.1 Å². The molecule has 0 amide bonds. The highest BCUT2D eigenvalue weighted by atomic mass is 19.4. The molecule has 0 radical (unpaired) electrons. The third-order valence-corrected chi connectivity index (χ3v) is 3.93. The summed E-state index contributed by atoms with van der Waals surface area (Å²) in [5, 5.41) is 0. The highest BCUT2D eigenvalue weighted by Crippen LogP contribution is 2.37. The van der Waals surface area contributed by atoms with Crippen LogP contribution in [0.3, 0.4) is 0 Å². The lowest BCUT2D eigenvalue weighted by Crippen LogP contribution is -2.37. The maximum atomic E-state index is 13.4. The number of halogens is 4. The molecule has 21 heavy (non-hydrogen) atoms. The van der Waals surface area contributed by atoms with Crippen LogP contribution in [0, 0.1) is 11.7 Å². The molecule has 0 saturated heterocycles. The SMILES string of the molecule is NC1=NCC(c2ccc(F)c(C(F)(F)F)c2)N1CC1CC1. The van der Waals surface area contributed by atoms with E-state index in [1.165, 1.54) is 6.07 Å². The van der Waals surface area contributed by atoms with Crippen LogP contribution in [0.4, 0.5) is 17.6 Å². The largest absolute Gasteiger partial charge is 0.419 e. The molecular formula is C14H15F4N3. The van der Waals surface area contributed by atoms with Crippen molar-refractivity contribution in [3.63, 3.8) is 0 Å². The van der Waals surface area contributed by atoms with Crippen molar-refractivity contribution >= 4 is 5.96 Å². The third kappa shape index (κ3) is 2.82. The number of rotatable bonds is 3. The molecule has 0 bridgehead atoms. The molecule has 2 aliphatic rings. The summed E-state index contributed by atoms with van der Waals surface area (Å²) in [7, 11) is 0. The zero-order valence-corrected chi connectivity index (χ0v) is 11.2. The van der Waals surface area contributed by atoms with Crippen LogP contribution >= 0.6 is 0 Å². The molecule has 1 aromatic rings. The molecule has 1 heterocycles. The predicted molar refractivity (Wildman–Crippen MR) is 70.1 cm³/mol. The van der Waals surface area contributed by atoms with Gasteiger partial charge in [-0.25, -0.2) is 4.39 Å². The molecule has 114 valence electrons. The van der Waals surface area contributed by atoms with Crippen molar-refractivity contribution in [2.45, 2.75) is 25.1 Å². The van der Waals surface area contributed by atoms with Gasteiger partial charge in [-0.15, -0.1) is 0 Å². The number of guanidine groups is 1. The van der Waals surface area contributed by atoms with Gasteiger partial charge in [-0.2, -0.15) is 13.2 Å². The molecular weight excluding hydrogens is 286 g/mol. The van der Waals surface area contributed by atoms with Gasteiger partial charge < -0.3 is 10.6 Å². The first kappa shape index (κ1) is 14.2. The van der Waals surface area contributed by atoms with E-state index in [0.29, 0.717) is 30.5 Å². The van der Waals surface area contributed by atoms with E-state index >= 15 is 0 Å². The Labute approximate surface area is 119 Å². The van der Waals surface area contributed by atoms with E-state index in [0.717, 1.165) is 25.0 Å². The van der Waals surface area contributed by atoms with Gasteiger partial charge >= 0.3 is 6.18 Å². The molecule has 3 nitrogen and oxygen atoms in total. The minimum Gasteiger partial charge on any atom is -0.370 e. The zero-order chi connectivity index (χ0) is 15.2. The van der Waals surface area contributed by atoms with E-state index in [2.05, 4.69) is 4.99 Å². The number of nitrogens with two attached hydrogens (primary N) is 1. The molecule has 0 aromatic heterocycles. The topological polar surface area (TPSA) is 41.6 Å². The first-order valence-corrected chi connectivity index (χ1v) is 6.79. The van der Waals surface area contributed by atoms with Crippen molar-refractivity contribution in [1.82, 2.24) is 4.90 Å². The Morgan fingerprint density at radius 1 is 1.29 bits per heavy atom. The minimum absolute atomic E-state index is 0.307. The van der Waals surface area contributed by atoms with Crippen LogP contribution in [0.25, 0.3) is 0 Å². The molecule has 1 aromatic carbocycles. The van der Waals surface area contributed by atoms with Gasteiger partial charge in [0, 0.05) is 6.54 Å². The first-order valence-electron chi connectivity index (χ1n) is 6.79. The Balaban J connectivity index is 1.89. The molecule has 1 saturated carbocycles. The van der Waals surface area contributed by atoms with Gasteiger partial charge in [0.05, 0.1) is 18.2 Å². The highest BCUT2D eigenvalue weighted by Gasteiger charge is 2.37. The first-order chi connectivity index (χ1) is 9.86. The Morgan fingerprint density at radius 3 is 2.62 bits per heavy atom. The Morgan fingerprint density at radius 2 is 2.00 bits per heavy atom. The van der Waals surface area contributed by atoms with Crippen LogP contribution in [0.1, 0.15) is 30.0 Å². The van der Waals surface area contributed by atoms with Crippen molar-refractivity contribution in [1.29, 1.82) is 0 Å². The van der Waals surface area contributed by atoms with Crippen LogP contribution < -0.4 is 5.73 Å². The van der Waals surface area contributed by atoms with Crippen LogP contribution in [-0.4, -0.2) is 23.9 Å². The molecule has 3 rings (SSSR count). The summed E-state index contributed by atoms with van der Waals surface area (Å²) in [5.41, 5.74) is 4.97. The lowest BCUT2D eigenvalue weighted by molar-refractivity contribution is -0.140. The Hall–Kier alpha value is -1.79. The molecule has 0 spiro atoms. The maximum Gasteiger partial charge on any atom is 0.419 e. The molecule has 2 N–H and O–H groups in total. The molecule has 1 aliphatic heterocycles. The summed E-state index contributed by atoms with van der Waals surface area (Å²) in [5.74, 6) is -0.376. The number of hydrogen-bond acceptors (Lipinski definition) is 3. The number of aliphatic imine (C=N–C) groups is 1. The van der Waals surface area contributed by atoms with Crippen molar-refractivity contribution in [3.05, 3.63) is 35.1 Å². The van der Waals surface area contributed by atoms with E-state index in [9.17, 15) is 17.6 Å². The van der Waals surface area contributed by atoms with Crippen LogP contribution in [-0.2, 0) is 6.18 Å². The van der Waals surface area contributed by atoms with Crippen LogP contribution in [0.15, 0.2) is 23.2 Å². The summed E-state index contributed by atoms with van der Waals surface area (Å²) in [4.78, 5) is 5.94. The van der Waals surface area contributed by atoms with Gasteiger partial charge in [0.25, 0.3) is 0 Å². The standard InChI is InChI=1S/C14H15F4N3/c15-11-4-3-9(5-10(11)14(16,17)18)12-6-20-13(19)21(12)7-8-1-2-8/h3-5,8,12H,1-2,6-7H2,(H2,19,20). The van der Waals surface area contributed by atoms with Gasteiger partial charge in [-0.3, -0.25) is 4.99 Å². The Kier molecular flexibility index (Phi) is 3.30. The van der Waals surface area contributed by atoms with E-state index < -0.39 is 17.6 Å². The molecule has 1 atom stereocenters. The molecule has 1 unspecified atom stereocenters. The average molecular weight is 301 g/mol. The second kappa shape index (κ2) is 4.89. The molecule has 1 fully saturated rings. The van der Waals surface area contributed by atoms with Gasteiger partial charge in [-0.1, -0.05) is 6.07 Å². The summed E-state index contributed by atoms with van der Waals surface area (Å²) >= 11 is 0. The van der Waals surface area contributed by atoms with Gasteiger partial charge in [0.2, 0.25) is 0 Å². The summed E-state index contributed by atoms with van der Waals surface area (Å²) in [6.45, 7) is 1.00. The second-order valence-corrected chi connectivity index (χ2v) is 5.55. The smallest absolute Gasteiger partial charge is 0.370 e. The van der Waals surface area contributed by atoms with E-state index in [1.807, 2.05) is 4.90 Å². The van der Waals surface area contributed by atoms with Gasteiger partial charge in [0.1, 0.15) is 5.82 Å². The quantitative estimate of drug-likeness (QED) is 0.872. The summed E-state index contributed by atoms with van der Waals surface area (Å²) in [6.07, 6.45) is -2.49. The Bertz CT molecular complexity index is 578. The maximum absolute atomic E-state index is 13.4. The van der Waals surface area contributed by atoms with Gasteiger partial charge in [0.15, 0.2) is 5.96 Å². The van der Waals surface area contributed by atoms with E-state index in [4.69, 9.17) is 5.73 Å². The predicted octanol–water partition coefficient (Wildman–Crippen LogP) is 2.93. The molecule has 1 aliphatic carbocycles. The second-order valence-electron chi connectivity index (χ2n) is 5.55. The fourth-order valence-electron chi connectivity index (χ4n) is 2.58. The van der Waals surface area contributed by atoms with E-state index in [1.54, 1.807) is 0 Å². The summed E-state index contributed by atoms with van der Waals surface area (Å²) in [6, 6.07) is 2.77. The molecule has 7 heteroatoms. The third-order valence-electron chi connectivity index (χ3n) is 3.93. The van der Waals surface area contributed by atoms with Crippen LogP contribution in [0.2, 0.25) is 0 Å². The fourth-order valence-corrected chi connectivity index (χ4v) is 2.58. The number of hydrogen-bond donors (Lipinski definition) is 1. The van der Waals surface area contributed by atoms with Gasteiger partial charge in [-0.05, 0) is 36.5 Å². The number of benzene rings is 1. The normalized spacial score (nSPS) is 22.6. The fraction of sp³-hybridized carbons (Fsp3) is 0.500.